The normalized spacial score (nSPS) is 10.7. The highest BCUT2D eigenvalue weighted by Gasteiger charge is 2.09. The lowest BCUT2D eigenvalue weighted by Crippen LogP contribution is -2.31. The lowest BCUT2D eigenvalue weighted by molar-refractivity contribution is 0.0946. The van der Waals surface area contributed by atoms with E-state index >= 15 is 0 Å². The number of aromatic nitrogens is 2. The lowest BCUT2D eigenvalue weighted by Gasteiger charge is -2.11. The summed E-state index contributed by atoms with van der Waals surface area (Å²) < 4.78 is 0. The first-order valence-corrected chi connectivity index (χ1v) is 7.63. The first-order valence-electron chi connectivity index (χ1n) is 7.25. The first-order chi connectivity index (χ1) is 11.0. The van der Waals surface area contributed by atoms with Crippen molar-refractivity contribution in [1.29, 1.82) is 0 Å². The third kappa shape index (κ3) is 4.91. The van der Waals surface area contributed by atoms with Gasteiger partial charge in [-0.15, -0.1) is 0 Å². The second-order valence-corrected chi connectivity index (χ2v) is 5.77. The summed E-state index contributed by atoms with van der Waals surface area (Å²) in [7, 11) is 3.90. The molecule has 0 aliphatic heterocycles. The molecule has 2 aromatic rings. The van der Waals surface area contributed by atoms with E-state index in [0.717, 1.165) is 17.8 Å². The highest BCUT2D eigenvalue weighted by molar-refractivity contribution is 6.31. The predicted molar refractivity (Wildman–Crippen MR) is 92.4 cm³/mol. The van der Waals surface area contributed by atoms with Gasteiger partial charge in [0.05, 0.1) is 0 Å². The average Bonchev–Trinajstić information content (AvgIpc) is 2.52. The summed E-state index contributed by atoms with van der Waals surface area (Å²) in [6.07, 6.45) is 1.55. The lowest BCUT2D eigenvalue weighted by atomic mass is 10.2. The van der Waals surface area contributed by atoms with Gasteiger partial charge in [0.2, 0.25) is 5.95 Å². The quantitative estimate of drug-likeness (QED) is 0.850. The number of rotatable bonds is 6. The van der Waals surface area contributed by atoms with Gasteiger partial charge in [0.25, 0.3) is 5.91 Å². The molecular formula is C16H20ClN5O. The Morgan fingerprint density at radius 1 is 1.30 bits per heavy atom. The number of nitrogens with one attached hydrogen (secondary N) is 2. The maximum atomic E-state index is 12.1. The number of carbonyl (C=O) groups excluding carboxylic acids is 1. The number of hydrogen-bond acceptors (Lipinski definition) is 5. The Bertz CT molecular complexity index is 690. The van der Waals surface area contributed by atoms with E-state index in [1.165, 1.54) is 0 Å². The Kier molecular flexibility index (Phi) is 5.90. The average molecular weight is 334 g/mol. The smallest absolute Gasteiger partial charge is 0.270 e. The summed E-state index contributed by atoms with van der Waals surface area (Å²) in [4.78, 5) is 22.5. The van der Waals surface area contributed by atoms with Gasteiger partial charge in [-0.3, -0.25) is 4.79 Å². The number of halogens is 1. The molecule has 0 radical (unpaired) electrons. The van der Waals surface area contributed by atoms with Crippen LogP contribution in [0.4, 0.5) is 11.6 Å². The van der Waals surface area contributed by atoms with Crippen LogP contribution in [0.15, 0.2) is 30.5 Å². The molecule has 2 N–H and O–H groups in total. The van der Waals surface area contributed by atoms with Crippen molar-refractivity contribution in [1.82, 2.24) is 20.2 Å². The zero-order chi connectivity index (χ0) is 16.8. The monoisotopic (exact) mass is 333 g/mol. The summed E-state index contributed by atoms with van der Waals surface area (Å²) in [6, 6.07) is 7.13. The van der Waals surface area contributed by atoms with Crippen LogP contribution < -0.4 is 10.6 Å². The van der Waals surface area contributed by atoms with Gasteiger partial charge in [0.15, 0.2) is 0 Å². The Hall–Kier alpha value is -2.18. The number of benzene rings is 1. The Morgan fingerprint density at radius 3 is 2.83 bits per heavy atom. The molecule has 1 aromatic heterocycles. The van der Waals surface area contributed by atoms with Gasteiger partial charge >= 0.3 is 0 Å². The first kappa shape index (κ1) is 17.2. The molecule has 0 spiro atoms. The van der Waals surface area contributed by atoms with Gasteiger partial charge in [-0.2, -0.15) is 0 Å². The van der Waals surface area contributed by atoms with Crippen LogP contribution in [0, 0.1) is 6.92 Å². The molecule has 0 unspecified atom stereocenters. The van der Waals surface area contributed by atoms with Gasteiger partial charge < -0.3 is 15.5 Å². The van der Waals surface area contributed by atoms with Gasteiger partial charge in [-0.05, 0) is 44.8 Å². The molecule has 0 atom stereocenters. The summed E-state index contributed by atoms with van der Waals surface area (Å²) in [5, 5.41) is 6.57. The molecule has 0 saturated heterocycles. The van der Waals surface area contributed by atoms with E-state index in [1.54, 1.807) is 12.3 Å². The summed E-state index contributed by atoms with van der Waals surface area (Å²) >= 11 is 6.10. The van der Waals surface area contributed by atoms with Crippen LogP contribution in [0.2, 0.25) is 5.02 Å². The molecule has 0 aliphatic rings. The highest BCUT2D eigenvalue weighted by atomic mass is 35.5. The molecule has 0 saturated carbocycles. The summed E-state index contributed by atoms with van der Waals surface area (Å²) in [5.74, 6) is 0.135. The van der Waals surface area contributed by atoms with E-state index in [-0.39, 0.29) is 5.91 Å². The summed E-state index contributed by atoms with van der Waals surface area (Å²) in [5.41, 5.74) is 2.03. The van der Waals surface area contributed by atoms with Crippen molar-refractivity contribution >= 4 is 29.1 Å². The molecule has 0 aliphatic carbocycles. The SMILES string of the molecule is Cc1c(Cl)cccc1Nc1nccc(C(=O)NCCN(C)C)n1. The molecule has 1 aromatic carbocycles. The van der Waals surface area contributed by atoms with Gasteiger partial charge in [0.1, 0.15) is 5.69 Å². The molecular weight excluding hydrogens is 314 g/mol. The fourth-order valence-electron chi connectivity index (χ4n) is 1.89. The van der Waals surface area contributed by atoms with Gasteiger partial charge in [0, 0.05) is 30.0 Å². The molecule has 6 nitrogen and oxygen atoms in total. The number of nitrogens with zero attached hydrogens (tertiary/aromatic N) is 3. The molecule has 0 fully saturated rings. The minimum atomic E-state index is -0.222. The third-order valence-electron chi connectivity index (χ3n) is 3.25. The molecule has 0 bridgehead atoms. The van der Waals surface area contributed by atoms with Crippen molar-refractivity contribution in [3.8, 4) is 0 Å². The zero-order valence-corrected chi connectivity index (χ0v) is 14.2. The highest BCUT2D eigenvalue weighted by Crippen LogP contribution is 2.24. The molecule has 23 heavy (non-hydrogen) atoms. The molecule has 122 valence electrons. The molecule has 2 rings (SSSR count). The van der Waals surface area contributed by atoms with Crippen LogP contribution in [0.5, 0.6) is 0 Å². The maximum Gasteiger partial charge on any atom is 0.270 e. The van der Waals surface area contributed by atoms with Crippen molar-refractivity contribution in [3.05, 3.63) is 46.7 Å². The number of likely N-dealkylation sites (N-methyl/N-ethyl adjacent to an activating group) is 1. The fourth-order valence-corrected chi connectivity index (χ4v) is 2.07. The van der Waals surface area contributed by atoms with Gasteiger partial charge in [-0.1, -0.05) is 17.7 Å². The van der Waals surface area contributed by atoms with E-state index in [2.05, 4.69) is 20.6 Å². The van der Waals surface area contributed by atoms with E-state index in [1.807, 2.05) is 44.1 Å². The van der Waals surface area contributed by atoms with Crippen molar-refractivity contribution < 1.29 is 4.79 Å². The Balaban J connectivity index is 2.07. The number of amides is 1. The minimum absolute atomic E-state index is 0.222. The largest absolute Gasteiger partial charge is 0.349 e. The van der Waals surface area contributed by atoms with Gasteiger partial charge in [-0.25, -0.2) is 9.97 Å². The van der Waals surface area contributed by atoms with E-state index in [0.29, 0.717) is 23.2 Å². The third-order valence-corrected chi connectivity index (χ3v) is 3.66. The topological polar surface area (TPSA) is 70.2 Å². The predicted octanol–water partition coefficient (Wildman–Crippen LogP) is 2.47. The van der Waals surface area contributed by atoms with Crippen molar-refractivity contribution in [3.63, 3.8) is 0 Å². The van der Waals surface area contributed by atoms with E-state index in [9.17, 15) is 4.79 Å². The maximum absolute atomic E-state index is 12.1. The standard InChI is InChI=1S/C16H20ClN5O/c1-11-12(17)5-4-6-13(11)20-16-19-8-7-14(21-16)15(23)18-9-10-22(2)3/h4-8H,9-10H2,1-3H3,(H,18,23)(H,19,20,21). The van der Waals surface area contributed by atoms with Crippen molar-refractivity contribution in [2.24, 2.45) is 0 Å². The molecule has 1 amide bonds. The van der Waals surface area contributed by atoms with Crippen LogP contribution >= 0.6 is 11.6 Å². The van der Waals surface area contributed by atoms with E-state index in [4.69, 9.17) is 11.6 Å². The molecule has 7 heteroatoms. The molecule has 1 heterocycles. The second kappa shape index (κ2) is 7.89. The van der Waals surface area contributed by atoms with Crippen LogP contribution in [0.3, 0.4) is 0 Å². The second-order valence-electron chi connectivity index (χ2n) is 5.36. The zero-order valence-electron chi connectivity index (χ0n) is 13.4. The number of carbonyl (C=O) groups is 1. The Morgan fingerprint density at radius 2 is 2.09 bits per heavy atom. The minimum Gasteiger partial charge on any atom is -0.349 e. The number of hydrogen-bond donors (Lipinski definition) is 2. The summed E-state index contributed by atoms with van der Waals surface area (Å²) in [6.45, 7) is 3.23. The van der Waals surface area contributed by atoms with Crippen molar-refractivity contribution in [2.45, 2.75) is 6.92 Å². The fraction of sp³-hybridized carbons (Fsp3) is 0.312. The van der Waals surface area contributed by atoms with E-state index < -0.39 is 0 Å². The van der Waals surface area contributed by atoms with Crippen LogP contribution in [-0.2, 0) is 0 Å². The number of anilines is 2. The van der Waals surface area contributed by atoms with Crippen molar-refractivity contribution in [2.75, 3.05) is 32.5 Å². The Labute approximate surface area is 140 Å². The van der Waals surface area contributed by atoms with Crippen LogP contribution in [0.25, 0.3) is 0 Å². The van der Waals surface area contributed by atoms with Crippen LogP contribution in [0.1, 0.15) is 16.1 Å². The van der Waals surface area contributed by atoms with Crippen LogP contribution in [-0.4, -0.2) is 48.0 Å².